The highest BCUT2D eigenvalue weighted by Crippen LogP contribution is 2.18. The molecule has 1 amide bonds. The van der Waals surface area contributed by atoms with Crippen molar-refractivity contribution in [3.8, 4) is 0 Å². The van der Waals surface area contributed by atoms with Crippen LogP contribution in [0.15, 0.2) is 0 Å². The third kappa shape index (κ3) is 1.62. The summed E-state index contributed by atoms with van der Waals surface area (Å²) in [5.41, 5.74) is 0. The number of alkyl halides is 1. The third-order valence-corrected chi connectivity index (χ3v) is 2.98. The van der Waals surface area contributed by atoms with Crippen molar-refractivity contribution in [3.63, 3.8) is 0 Å². The molecule has 0 N–H and O–H groups in total. The van der Waals surface area contributed by atoms with Crippen molar-refractivity contribution >= 4 is 28.5 Å². The molecule has 1 saturated heterocycles. The van der Waals surface area contributed by atoms with Crippen LogP contribution in [-0.4, -0.2) is 27.8 Å². The van der Waals surface area contributed by atoms with Gasteiger partial charge >= 0.3 is 0 Å². The normalized spacial score (nSPS) is 25.4. The third-order valence-electron chi connectivity index (χ3n) is 1.96. The van der Waals surface area contributed by atoms with Gasteiger partial charge in [0.25, 0.3) is 0 Å². The molecule has 1 fully saturated rings. The van der Waals surface area contributed by atoms with Crippen LogP contribution in [0, 0.1) is 0 Å². The van der Waals surface area contributed by atoms with Crippen LogP contribution >= 0.6 is 22.6 Å². The lowest BCUT2D eigenvalue weighted by atomic mass is 10.2. The molecule has 0 aromatic heterocycles. The van der Waals surface area contributed by atoms with Gasteiger partial charge in [-0.15, -0.1) is 0 Å². The minimum absolute atomic E-state index is 0.235. The van der Waals surface area contributed by atoms with Gasteiger partial charge in [-0.25, -0.2) is 0 Å². The quantitative estimate of drug-likeness (QED) is 0.511. The second kappa shape index (κ2) is 3.55. The average molecular weight is 253 g/mol. The molecule has 1 rings (SSSR count). The van der Waals surface area contributed by atoms with E-state index >= 15 is 0 Å². The number of likely N-dealkylation sites (tertiary alicyclic amines) is 1. The summed E-state index contributed by atoms with van der Waals surface area (Å²) in [6.07, 6.45) is 2.38. The van der Waals surface area contributed by atoms with Crippen LogP contribution in [0.25, 0.3) is 0 Å². The molecule has 1 aliphatic heterocycles. The van der Waals surface area contributed by atoms with Crippen LogP contribution < -0.4 is 0 Å². The van der Waals surface area contributed by atoms with Gasteiger partial charge in [-0.05, 0) is 12.8 Å². The van der Waals surface area contributed by atoms with Gasteiger partial charge in [0.1, 0.15) is 0 Å². The lowest BCUT2D eigenvalue weighted by molar-refractivity contribution is -0.129. The van der Waals surface area contributed by atoms with Crippen molar-refractivity contribution in [2.24, 2.45) is 0 Å². The zero-order chi connectivity index (χ0) is 7.56. The van der Waals surface area contributed by atoms with Crippen molar-refractivity contribution < 1.29 is 4.79 Å². The average Bonchev–Trinajstić information content (AvgIpc) is 2.33. The first-order valence-corrected chi connectivity index (χ1v) is 5.11. The molecule has 0 aromatic carbocycles. The summed E-state index contributed by atoms with van der Waals surface area (Å²) in [5.74, 6) is 0.235. The first kappa shape index (κ1) is 8.30. The molecule has 0 spiro atoms. The topological polar surface area (TPSA) is 20.3 Å². The van der Waals surface area contributed by atoms with E-state index in [1.54, 1.807) is 6.92 Å². The Morgan fingerprint density at radius 3 is 2.90 bits per heavy atom. The maximum absolute atomic E-state index is 10.9. The van der Waals surface area contributed by atoms with Gasteiger partial charge in [0.05, 0.1) is 0 Å². The number of hydrogen-bond acceptors (Lipinski definition) is 1. The van der Waals surface area contributed by atoms with E-state index in [4.69, 9.17) is 0 Å². The summed E-state index contributed by atoms with van der Waals surface area (Å²) in [7, 11) is 0. The van der Waals surface area contributed by atoms with E-state index in [-0.39, 0.29) is 5.91 Å². The van der Waals surface area contributed by atoms with Crippen LogP contribution in [0.3, 0.4) is 0 Å². The first-order chi connectivity index (χ1) is 4.75. The van der Waals surface area contributed by atoms with Gasteiger partial charge in [-0.1, -0.05) is 22.6 Å². The number of hydrogen-bond donors (Lipinski definition) is 0. The van der Waals surface area contributed by atoms with Crippen LogP contribution in [0.2, 0.25) is 0 Å². The zero-order valence-electron chi connectivity index (χ0n) is 6.14. The fourth-order valence-electron chi connectivity index (χ4n) is 1.41. The highest BCUT2D eigenvalue weighted by molar-refractivity contribution is 14.1. The van der Waals surface area contributed by atoms with Gasteiger partial charge in [-0.3, -0.25) is 4.79 Å². The maximum Gasteiger partial charge on any atom is 0.219 e. The Hall–Kier alpha value is 0.200. The summed E-state index contributed by atoms with van der Waals surface area (Å²) >= 11 is 2.34. The molecule has 1 aliphatic rings. The van der Waals surface area contributed by atoms with E-state index in [1.807, 2.05) is 4.90 Å². The summed E-state index contributed by atoms with van der Waals surface area (Å²) in [5, 5.41) is 0. The van der Waals surface area contributed by atoms with Gasteiger partial charge < -0.3 is 4.90 Å². The monoisotopic (exact) mass is 253 g/mol. The van der Waals surface area contributed by atoms with Crippen LogP contribution in [0.1, 0.15) is 19.8 Å². The number of carbonyl (C=O) groups excluding carboxylic acids is 1. The number of carbonyl (C=O) groups is 1. The maximum atomic E-state index is 10.9. The van der Waals surface area contributed by atoms with Crippen LogP contribution in [0.4, 0.5) is 0 Å². The second-order valence-corrected chi connectivity index (χ2v) is 3.54. The predicted molar refractivity (Wildman–Crippen MR) is 49.3 cm³/mol. The molecule has 2 nitrogen and oxygen atoms in total. The summed E-state index contributed by atoms with van der Waals surface area (Å²) < 4.78 is 1.08. The molecule has 0 bridgehead atoms. The van der Waals surface area contributed by atoms with Crippen LogP contribution in [0.5, 0.6) is 0 Å². The Morgan fingerprint density at radius 2 is 2.50 bits per heavy atom. The second-order valence-electron chi connectivity index (χ2n) is 2.66. The van der Waals surface area contributed by atoms with Crippen molar-refractivity contribution in [1.82, 2.24) is 4.90 Å². The van der Waals surface area contributed by atoms with E-state index in [0.717, 1.165) is 11.0 Å². The fourth-order valence-corrected chi connectivity index (χ4v) is 2.33. The minimum Gasteiger partial charge on any atom is -0.339 e. The van der Waals surface area contributed by atoms with Gasteiger partial charge in [0, 0.05) is 23.9 Å². The number of amides is 1. The molecule has 0 aliphatic carbocycles. The molecular formula is C7H12INO. The summed E-state index contributed by atoms with van der Waals surface area (Å²) in [6.45, 7) is 2.63. The number of rotatable bonds is 1. The van der Waals surface area contributed by atoms with E-state index in [0.29, 0.717) is 6.04 Å². The highest BCUT2D eigenvalue weighted by Gasteiger charge is 2.24. The molecular weight excluding hydrogens is 241 g/mol. The Bertz CT molecular complexity index is 138. The van der Waals surface area contributed by atoms with Crippen molar-refractivity contribution in [3.05, 3.63) is 0 Å². The largest absolute Gasteiger partial charge is 0.339 e. The highest BCUT2D eigenvalue weighted by atomic mass is 127. The number of halogens is 1. The lowest BCUT2D eigenvalue weighted by Crippen LogP contribution is -2.34. The van der Waals surface area contributed by atoms with E-state index < -0.39 is 0 Å². The summed E-state index contributed by atoms with van der Waals surface area (Å²) in [6, 6.07) is 0.526. The standard InChI is InChI=1S/C7H12INO/c1-6(10)9-4-2-3-7(9)5-8/h7H,2-5H2,1H3/t7-/m1/s1. The molecule has 0 aromatic rings. The minimum atomic E-state index is 0.235. The molecule has 58 valence electrons. The lowest BCUT2D eigenvalue weighted by Gasteiger charge is -2.20. The Labute approximate surface area is 75.1 Å². The van der Waals surface area contributed by atoms with Crippen molar-refractivity contribution in [1.29, 1.82) is 0 Å². The van der Waals surface area contributed by atoms with E-state index in [9.17, 15) is 4.79 Å². The smallest absolute Gasteiger partial charge is 0.219 e. The van der Waals surface area contributed by atoms with Crippen LogP contribution in [-0.2, 0) is 4.79 Å². The molecule has 0 saturated carbocycles. The molecule has 0 unspecified atom stereocenters. The van der Waals surface area contributed by atoms with Crippen molar-refractivity contribution in [2.45, 2.75) is 25.8 Å². The van der Waals surface area contributed by atoms with Gasteiger partial charge in [0.15, 0.2) is 0 Å². The Morgan fingerprint density at radius 1 is 1.80 bits per heavy atom. The van der Waals surface area contributed by atoms with E-state index in [1.165, 1.54) is 12.8 Å². The Balaban J connectivity index is 2.50. The van der Waals surface area contributed by atoms with Gasteiger partial charge in [0.2, 0.25) is 5.91 Å². The molecule has 10 heavy (non-hydrogen) atoms. The van der Waals surface area contributed by atoms with E-state index in [2.05, 4.69) is 22.6 Å². The zero-order valence-corrected chi connectivity index (χ0v) is 8.30. The number of nitrogens with zero attached hydrogens (tertiary/aromatic N) is 1. The first-order valence-electron chi connectivity index (χ1n) is 3.59. The molecule has 0 radical (unpaired) electrons. The SMILES string of the molecule is CC(=O)N1CCC[C@@H]1CI. The van der Waals surface area contributed by atoms with Crippen molar-refractivity contribution in [2.75, 3.05) is 11.0 Å². The molecule has 1 atom stereocenters. The predicted octanol–water partition coefficient (Wildman–Crippen LogP) is 1.43. The summed E-state index contributed by atoms with van der Waals surface area (Å²) in [4.78, 5) is 12.9. The fraction of sp³-hybridized carbons (Fsp3) is 0.857. The molecule has 3 heteroatoms. The molecule has 1 heterocycles. The van der Waals surface area contributed by atoms with Gasteiger partial charge in [-0.2, -0.15) is 0 Å². The Kier molecular flexibility index (Phi) is 2.95.